The minimum atomic E-state index is 0.164. The van der Waals surface area contributed by atoms with Gasteiger partial charge in [-0.1, -0.05) is 11.6 Å². The predicted octanol–water partition coefficient (Wildman–Crippen LogP) is 3.17. The summed E-state index contributed by atoms with van der Waals surface area (Å²) < 4.78 is 0. The van der Waals surface area contributed by atoms with E-state index in [0.29, 0.717) is 6.04 Å². The van der Waals surface area contributed by atoms with Crippen molar-refractivity contribution in [3.63, 3.8) is 0 Å². The fourth-order valence-corrected chi connectivity index (χ4v) is 3.64. The van der Waals surface area contributed by atoms with E-state index in [1.54, 1.807) is 0 Å². The summed E-state index contributed by atoms with van der Waals surface area (Å²) in [6.07, 6.45) is 0.881. The van der Waals surface area contributed by atoms with Crippen molar-refractivity contribution in [3.8, 4) is 0 Å². The third-order valence-corrected chi connectivity index (χ3v) is 4.68. The second-order valence-corrected chi connectivity index (χ2v) is 6.66. The first-order valence-corrected chi connectivity index (χ1v) is 7.99. The molecule has 1 aliphatic heterocycles. The van der Waals surface area contributed by atoms with E-state index in [1.165, 1.54) is 22.8 Å². The Morgan fingerprint density at radius 2 is 2.33 bits per heavy atom. The molecule has 0 aliphatic carbocycles. The zero-order chi connectivity index (χ0) is 13.1. The van der Waals surface area contributed by atoms with Gasteiger partial charge < -0.3 is 10.6 Å². The van der Waals surface area contributed by atoms with E-state index in [4.69, 9.17) is 17.3 Å². The van der Waals surface area contributed by atoms with E-state index in [9.17, 15) is 0 Å². The molecular formula is C14H21ClN2S. The van der Waals surface area contributed by atoms with Crippen molar-refractivity contribution in [1.82, 2.24) is 0 Å². The Hall–Kier alpha value is -0.380. The number of nitrogens with two attached hydrogens (primary N) is 1. The van der Waals surface area contributed by atoms with Gasteiger partial charge in [-0.25, -0.2) is 0 Å². The molecule has 4 heteroatoms. The molecule has 1 heterocycles. The number of anilines is 1. The van der Waals surface area contributed by atoms with E-state index in [2.05, 4.69) is 24.0 Å². The average Bonchev–Trinajstić information content (AvgIpc) is 2.30. The molecule has 2 atom stereocenters. The maximum Gasteiger partial charge on any atom is 0.0410 e. The number of benzene rings is 1. The molecule has 1 fully saturated rings. The minimum absolute atomic E-state index is 0.164. The molecule has 2 N–H and O–H groups in total. The van der Waals surface area contributed by atoms with Crippen LogP contribution in [0.4, 0.5) is 5.69 Å². The topological polar surface area (TPSA) is 29.3 Å². The lowest BCUT2D eigenvalue weighted by Gasteiger charge is -2.36. The Kier molecular flexibility index (Phi) is 4.82. The fraction of sp³-hybridized carbons (Fsp3) is 0.571. The van der Waals surface area contributed by atoms with Crippen LogP contribution >= 0.6 is 23.4 Å². The van der Waals surface area contributed by atoms with Crippen molar-refractivity contribution < 1.29 is 0 Å². The summed E-state index contributed by atoms with van der Waals surface area (Å²) >= 11 is 8.14. The maximum atomic E-state index is 6.11. The lowest BCUT2D eigenvalue weighted by molar-refractivity contribution is 0.684. The summed E-state index contributed by atoms with van der Waals surface area (Å²) in [6, 6.07) is 6.94. The molecule has 1 saturated heterocycles. The van der Waals surface area contributed by atoms with Crippen LogP contribution in [0.15, 0.2) is 18.2 Å². The highest BCUT2D eigenvalue weighted by Crippen LogP contribution is 2.30. The average molecular weight is 285 g/mol. The molecule has 0 amide bonds. The molecule has 0 aromatic heterocycles. The molecule has 2 rings (SSSR count). The van der Waals surface area contributed by atoms with Crippen molar-refractivity contribution in [2.75, 3.05) is 23.0 Å². The van der Waals surface area contributed by atoms with E-state index in [0.717, 1.165) is 18.0 Å². The molecule has 100 valence electrons. The third kappa shape index (κ3) is 3.34. The Labute approximate surface area is 119 Å². The molecule has 0 saturated carbocycles. The molecule has 2 unspecified atom stereocenters. The van der Waals surface area contributed by atoms with Gasteiger partial charge in [-0.05, 0) is 44.0 Å². The molecule has 0 bridgehead atoms. The fourth-order valence-electron chi connectivity index (χ4n) is 2.43. The minimum Gasteiger partial charge on any atom is -0.367 e. The number of thioether (sulfide) groups is 1. The van der Waals surface area contributed by atoms with Crippen LogP contribution in [-0.4, -0.2) is 30.1 Å². The van der Waals surface area contributed by atoms with Crippen molar-refractivity contribution in [2.45, 2.75) is 32.4 Å². The summed E-state index contributed by atoms with van der Waals surface area (Å²) in [6.45, 7) is 5.44. The Morgan fingerprint density at radius 1 is 1.56 bits per heavy atom. The second-order valence-electron chi connectivity index (χ2n) is 5.07. The number of nitrogens with zero attached hydrogens (tertiary/aromatic N) is 1. The predicted molar refractivity (Wildman–Crippen MR) is 82.9 cm³/mol. The largest absolute Gasteiger partial charge is 0.367 e. The lowest BCUT2D eigenvalue weighted by atomic mass is 10.0. The van der Waals surface area contributed by atoms with E-state index >= 15 is 0 Å². The molecule has 18 heavy (non-hydrogen) atoms. The van der Waals surface area contributed by atoms with Crippen LogP contribution in [0.5, 0.6) is 0 Å². The maximum absolute atomic E-state index is 6.11. The molecule has 1 aromatic rings. The summed E-state index contributed by atoms with van der Waals surface area (Å²) in [5, 5.41) is 0.799. The standard InChI is InChI=1S/C14H21ClN2S/c1-10(16)7-12-8-13(15)3-4-14(12)17-5-6-18-9-11(17)2/h3-4,8,10-11H,5-7,9,16H2,1-2H3. The highest BCUT2D eigenvalue weighted by atomic mass is 35.5. The van der Waals surface area contributed by atoms with Gasteiger partial charge in [0.15, 0.2) is 0 Å². The quantitative estimate of drug-likeness (QED) is 0.924. The number of rotatable bonds is 3. The van der Waals surface area contributed by atoms with Crippen LogP contribution in [-0.2, 0) is 6.42 Å². The first kappa shape index (κ1) is 14.0. The lowest BCUT2D eigenvalue weighted by Crippen LogP contribution is -2.41. The first-order chi connectivity index (χ1) is 8.58. The van der Waals surface area contributed by atoms with Crippen LogP contribution in [0, 0.1) is 0 Å². The van der Waals surface area contributed by atoms with Gasteiger partial charge in [0.05, 0.1) is 0 Å². The van der Waals surface area contributed by atoms with Crippen molar-refractivity contribution in [1.29, 1.82) is 0 Å². The smallest absolute Gasteiger partial charge is 0.0410 e. The molecular weight excluding hydrogens is 264 g/mol. The Bertz CT molecular complexity index is 409. The van der Waals surface area contributed by atoms with Gasteiger partial charge >= 0.3 is 0 Å². The van der Waals surface area contributed by atoms with Gasteiger partial charge in [-0.3, -0.25) is 0 Å². The van der Waals surface area contributed by atoms with E-state index < -0.39 is 0 Å². The summed E-state index contributed by atoms with van der Waals surface area (Å²) in [7, 11) is 0. The normalized spacial score (nSPS) is 22.0. The van der Waals surface area contributed by atoms with E-state index in [1.807, 2.05) is 24.8 Å². The molecule has 1 aromatic carbocycles. The van der Waals surface area contributed by atoms with Crippen LogP contribution in [0.2, 0.25) is 5.02 Å². The van der Waals surface area contributed by atoms with Gasteiger partial charge in [0.2, 0.25) is 0 Å². The number of halogens is 1. The van der Waals surface area contributed by atoms with Gasteiger partial charge in [-0.2, -0.15) is 11.8 Å². The summed E-state index contributed by atoms with van der Waals surface area (Å²) in [5.41, 5.74) is 8.53. The number of hydrogen-bond acceptors (Lipinski definition) is 3. The third-order valence-electron chi connectivity index (χ3n) is 3.26. The molecule has 1 aliphatic rings. The highest BCUT2D eigenvalue weighted by Gasteiger charge is 2.21. The van der Waals surface area contributed by atoms with Crippen molar-refractivity contribution in [3.05, 3.63) is 28.8 Å². The van der Waals surface area contributed by atoms with E-state index in [-0.39, 0.29) is 6.04 Å². The molecule has 0 spiro atoms. The molecule has 0 radical (unpaired) electrons. The first-order valence-electron chi connectivity index (χ1n) is 6.46. The zero-order valence-electron chi connectivity index (χ0n) is 11.0. The highest BCUT2D eigenvalue weighted by molar-refractivity contribution is 7.99. The van der Waals surface area contributed by atoms with Gasteiger partial charge in [0.25, 0.3) is 0 Å². The van der Waals surface area contributed by atoms with Crippen LogP contribution < -0.4 is 10.6 Å². The number of hydrogen-bond donors (Lipinski definition) is 1. The van der Waals surface area contributed by atoms with Gasteiger partial charge in [-0.15, -0.1) is 0 Å². The monoisotopic (exact) mass is 284 g/mol. The van der Waals surface area contributed by atoms with Crippen LogP contribution in [0.1, 0.15) is 19.4 Å². The summed E-state index contributed by atoms with van der Waals surface area (Å²) in [4.78, 5) is 2.49. The second kappa shape index (κ2) is 6.18. The summed E-state index contributed by atoms with van der Waals surface area (Å²) in [5.74, 6) is 2.39. The Morgan fingerprint density at radius 3 is 3.00 bits per heavy atom. The van der Waals surface area contributed by atoms with Crippen molar-refractivity contribution >= 4 is 29.1 Å². The SMILES string of the molecule is CC(N)Cc1cc(Cl)ccc1N1CCSCC1C. The molecule has 2 nitrogen and oxygen atoms in total. The van der Waals surface area contributed by atoms with Crippen LogP contribution in [0.3, 0.4) is 0 Å². The van der Waals surface area contributed by atoms with Gasteiger partial charge in [0.1, 0.15) is 0 Å². The van der Waals surface area contributed by atoms with Crippen molar-refractivity contribution in [2.24, 2.45) is 5.73 Å². The zero-order valence-corrected chi connectivity index (χ0v) is 12.6. The van der Waals surface area contributed by atoms with Crippen LogP contribution in [0.25, 0.3) is 0 Å². The Balaban J connectivity index is 2.30. The van der Waals surface area contributed by atoms with Gasteiger partial charge in [0, 0.05) is 40.8 Å².